The molecule has 4 heterocycles. The van der Waals surface area contributed by atoms with Crippen LogP contribution in [0.2, 0.25) is 0 Å². The Hall–Kier alpha value is -1.43. The smallest absolute Gasteiger partial charge is 0.131 e. The number of halogens is 1. The monoisotopic (exact) mass is 502 g/mol. The van der Waals surface area contributed by atoms with E-state index in [9.17, 15) is 5.11 Å². The zero-order chi connectivity index (χ0) is 21.8. The average Bonchev–Trinajstić information content (AvgIpc) is 2.82. The molecule has 2 bridgehead atoms. The van der Waals surface area contributed by atoms with Gasteiger partial charge in [0.15, 0.2) is 0 Å². The van der Waals surface area contributed by atoms with Gasteiger partial charge in [0.25, 0.3) is 0 Å². The minimum atomic E-state index is -0.484. The van der Waals surface area contributed by atoms with Crippen molar-refractivity contribution >= 4 is 10.9 Å². The minimum absolute atomic E-state index is 0. The number of unbranched alkanes of at least 4 members (excludes halogenated alkanes) is 4. The van der Waals surface area contributed by atoms with Gasteiger partial charge in [0.2, 0.25) is 0 Å². The molecule has 5 rings (SSSR count). The van der Waals surface area contributed by atoms with E-state index in [-0.39, 0.29) is 23.0 Å². The number of ether oxygens (including phenoxy) is 1. The highest BCUT2D eigenvalue weighted by atomic mass is 79.9. The van der Waals surface area contributed by atoms with Gasteiger partial charge < -0.3 is 31.3 Å². The lowest BCUT2D eigenvalue weighted by Crippen LogP contribution is -3.00. The molecule has 0 saturated carbocycles. The highest BCUT2D eigenvalue weighted by Crippen LogP contribution is 2.47. The van der Waals surface area contributed by atoms with Crippen molar-refractivity contribution in [3.63, 3.8) is 0 Å². The maximum absolute atomic E-state index is 11.8. The number of hydrogen-bond acceptors (Lipinski definition) is 3. The Morgan fingerprint density at radius 1 is 1.25 bits per heavy atom. The van der Waals surface area contributed by atoms with E-state index in [0.29, 0.717) is 11.8 Å². The standard InChI is InChI=1S/C27H39N2O2.BrH/c1-4-6-7-8-9-15-29-16-13-21(20(5-2)19-29)17-26(29)27(30)23-12-14-28-25-11-10-22(31-3)18-24(23)25;/h5,10-12,14,18,20-21,26-27,30H,2,4,6-9,13,15-17,19H2,1,3H3;1H/q+1;/p-1/t20-,21-,26-,27+,29?;/m0./s1. The lowest BCUT2D eigenvalue weighted by Gasteiger charge is -2.58. The van der Waals surface area contributed by atoms with Crippen LogP contribution in [-0.4, -0.2) is 47.4 Å². The molecule has 3 fully saturated rings. The normalized spacial score (nSPS) is 27.7. The first-order chi connectivity index (χ1) is 15.1. The third-order valence-electron chi connectivity index (χ3n) is 8.05. The Bertz CT molecular complexity index is 904. The molecule has 1 aromatic carbocycles. The van der Waals surface area contributed by atoms with Gasteiger partial charge in [-0.05, 0) is 48.6 Å². The lowest BCUT2D eigenvalue weighted by atomic mass is 9.71. The number of aliphatic hydroxyl groups is 1. The van der Waals surface area contributed by atoms with Gasteiger partial charge in [-0.1, -0.05) is 32.3 Å². The highest BCUT2D eigenvalue weighted by Gasteiger charge is 2.53. The second-order valence-electron chi connectivity index (χ2n) is 9.74. The number of rotatable bonds is 10. The summed E-state index contributed by atoms with van der Waals surface area (Å²) in [5, 5.41) is 12.8. The molecule has 0 spiro atoms. The van der Waals surface area contributed by atoms with Crippen molar-refractivity contribution in [3.05, 3.63) is 48.7 Å². The van der Waals surface area contributed by atoms with Crippen molar-refractivity contribution in [3.8, 4) is 5.75 Å². The predicted octanol–water partition coefficient (Wildman–Crippen LogP) is 2.66. The summed E-state index contributed by atoms with van der Waals surface area (Å²) in [6.45, 7) is 9.92. The summed E-state index contributed by atoms with van der Waals surface area (Å²) in [7, 11) is 1.69. The van der Waals surface area contributed by atoms with Crippen molar-refractivity contribution in [2.45, 2.75) is 64.0 Å². The second kappa shape index (κ2) is 11.1. The first-order valence-corrected chi connectivity index (χ1v) is 12.2. The molecule has 0 amide bonds. The van der Waals surface area contributed by atoms with Gasteiger partial charge in [-0.3, -0.25) is 4.98 Å². The van der Waals surface area contributed by atoms with Gasteiger partial charge in [-0.15, -0.1) is 6.58 Å². The van der Waals surface area contributed by atoms with E-state index in [1.807, 2.05) is 30.5 Å². The van der Waals surface area contributed by atoms with E-state index in [1.54, 1.807) is 7.11 Å². The van der Waals surface area contributed by atoms with E-state index < -0.39 is 6.10 Å². The van der Waals surface area contributed by atoms with Gasteiger partial charge >= 0.3 is 0 Å². The summed E-state index contributed by atoms with van der Waals surface area (Å²) in [5.74, 6) is 2.05. The van der Waals surface area contributed by atoms with Gasteiger partial charge in [-0.25, -0.2) is 0 Å². The number of pyridine rings is 1. The average molecular weight is 504 g/mol. The summed E-state index contributed by atoms with van der Waals surface area (Å²) in [4.78, 5) is 4.53. The molecule has 4 nitrogen and oxygen atoms in total. The summed E-state index contributed by atoms with van der Waals surface area (Å²) in [6.07, 6.45) is 12.4. The van der Waals surface area contributed by atoms with Crippen LogP contribution >= 0.6 is 0 Å². The number of nitrogens with zero attached hydrogens (tertiary/aromatic N) is 2. The van der Waals surface area contributed by atoms with Crippen LogP contribution in [0.1, 0.15) is 63.5 Å². The summed E-state index contributed by atoms with van der Waals surface area (Å²) < 4.78 is 6.51. The Labute approximate surface area is 204 Å². The molecule has 0 aliphatic carbocycles. The number of methoxy groups -OCH3 is 1. The first kappa shape index (κ1) is 25.2. The number of piperidine rings is 3. The van der Waals surface area contributed by atoms with Crippen LogP contribution < -0.4 is 21.7 Å². The fourth-order valence-electron chi connectivity index (χ4n) is 6.26. The van der Waals surface area contributed by atoms with Crippen molar-refractivity contribution in [1.29, 1.82) is 0 Å². The number of quaternary nitrogens is 1. The van der Waals surface area contributed by atoms with E-state index in [0.717, 1.165) is 39.7 Å². The Kier molecular flexibility index (Phi) is 8.76. The van der Waals surface area contributed by atoms with Crippen LogP contribution in [0.15, 0.2) is 43.1 Å². The third-order valence-corrected chi connectivity index (χ3v) is 8.05. The zero-order valence-corrected chi connectivity index (χ0v) is 21.3. The molecular formula is C27H39BrN2O2. The van der Waals surface area contributed by atoms with Crippen LogP contribution in [0.3, 0.4) is 0 Å². The van der Waals surface area contributed by atoms with Crippen LogP contribution in [0.5, 0.6) is 5.75 Å². The first-order valence-electron chi connectivity index (χ1n) is 12.2. The summed E-state index contributed by atoms with van der Waals surface area (Å²) in [5.41, 5.74) is 1.92. The molecule has 0 radical (unpaired) electrons. The summed E-state index contributed by atoms with van der Waals surface area (Å²) >= 11 is 0. The van der Waals surface area contributed by atoms with Crippen LogP contribution in [-0.2, 0) is 0 Å². The van der Waals surface area contributed by atoms with Crippen molar-refractivity contribution < 1.29 is 31.3 Å². The predicted molar refractivity (Wildman–Crippen MR) is 127 cm³/mol. The molecule has 5 heteroatoms. The van der Waals surface area contributed by atoms with E-state index >= 15 is 0 Å². The fourth-order valence-corrected chi connectivity index (χ4v) is 6.26. The van der Waals surface area contributed by atoms with Gasteiger partial charge in [-0.2, -0.15) is 0 Å². The van der Waals surface area contributed by atoms with Crippen LogP contribution in [0.4, 0.5) is 0 Å². The topological polar surface area (TPSA) is 42.4 Å². The fraction of sp³-hybridized carbons (Fsp3) is 0.593. The number of fused-ring (bicyclic) bond motifs is 4. The lowest BCUT2D eigenvalue weighted by molar-refractivity contribution is -0.973. The molecule has 2 aromatic rings. The van der Waals surface area contributed by atoms with E-state index in [4.69, 9.17) is 4.74 Å². The van der Waals surface area contributed by atoms with Gasteiger partial charge in [0.1, 0.15) is 17.9 Å². The minimum Gasteiger partial charge on any atom is -1.00 e. The number of aromatic nitrogens is 1. The SMILES string of the molecule is C=C[C@H]1C[N+]2(CCCCCCC)CC[C@H]1C[C@H]2[C@H](O)c1ccnc2ccc(OC)cc12.[Br-]. The maximum atomic E-state index is 11.8. The molecule has 1 aromatic heterocycles. The van der Waals surface area contributed by atoms with Crippen molar-refractivity contribution in [1.82, 2.24) is 4.98 Å². The molecule has 5 atom stereocenters. The van der Waals surface area contributed by atoms with Crippen molar-refractivity contribution in [2.75, 3.05) is 26.7 Å². The Morgan fingerprint density at radius 3 is 2.81 bits per heavy atom. The largest absolute Gasteiger partial charge is 1.00 e. The Morgan fingerprint density at radius 2 is 2.06 bits per heavy atom. The van der Waals surface area contributed by atoms with E-state index in [2.05, 4.69) is 24.6 Å². The third kappa shape index (κ3) is 4.90. The molecule has 1 unspecified atom stereocenters. The van der Waals surface area contributed by atoms with Crippen molar-refractivity contribution in [2.24, 2.45) is 11.8 Å². The van der Waals surface area contributed by atoms with Gasteiger partial charge in [0.05, 0.1) is 32.3 Å². The molecule has 1 N–H and O–H groups in total. The number of benzene rings is 1. The van der Waals surface area contributed by atoms with Crippen LogP contribution in [0, 0.1) is 11.8 Å². The zero-order valence-electron chi connectivity index (χ0n) is 19.7. The highest BCUT2D eigenvalue weighted by molar-refractivity contribution is 5.83. The Balaban J connectivity index is 0.00000289. The quantitative estimate of drug-likeness (QED) is 0.308. The van der Waals surface area contributed by atoms with Crippen LogP contribution in [0.25, 0.3) is 10.9 Å². The van der Waals surface area contributed by atoms with E-state index in [1.165, 1.54) is 51.6 Å². The summed E-state index contributed by atoms with van der Waals surface area (Å²) in [6, 6.07) is 8.22. The maximum Gasteiger partial charge on any atom is 0.131 e. The molecule has 3 saturated heterocycles. The molecule has 176 valence electrons. The number of hydrogen-bond donors (Lipinski definition) is 1. The second-order valence-corrected chi connectivity index (χ2v) is 9.74. The van der Waals surface area contributed by atoms with Gasteiger partial charge in [0, 0.05) is 30.3 Å². The molecule has 3 aliphatic rings. The molecular weight excluding hydrogens is 464 g/mol. The molecule has 3 aliphatic heterocycles. The number of aliphatic hydroxyl groups excluding tert-OH is 1. The molecule has 32 heavy (non-hydrogen) atoms.